The van der Waals surface area contributed by atoms with Crippen LogP contribution in [0.3, 0.4) is 0 Å². The van der Waals surface area contributed by atoms with Crippen molar-refractivity contribution < 1.29 is 19.1 Å². The third-order valence-corrected chi connectivity index (χ3v) is 5.12. The van der Waals surface area contributed by atoms with E-state index in [-0.39, 0.29) is 17.7 Å². The van der Waals surface area contributed by atoms with Gasteiger partial charge in [0.15, 0.2) is 17.6 Å². The van der Waals surface area contributed by atoms with Crippen molar-refractivity contribution in [3.05, 3.63) is 48.5 Å². The molecule has 1 saturated carbocycles. The predicted molar refractivity (Wildman–Crippen MR) is 113 cm³/mol. The van der Waals surface area contributed by atoms with Crippen molar-refractivity contribution in [2.45, 2.75) is 45.1 Å². The maximum absolute atomic E-state index is 12.5. The molecule has 1 aliphatic carbocycles. The molecule has 1 atom stereocenters. The van der Waals surface area contributed by atoms with Crippen molar-refractivity contribution >= 4 is 23.2 Å². The molecule has 2 amide bonds. The van der Waals surface area contributed by atoms with E-state index in [0.29, 0.717) is 22.9 Å². The summed E-state index contributed by atoms with van der Waals surface area (Å²) in [6.07, 6.45) is 4.60. The summed E-state index contributed by atoms with van der Waals surface area (Å²) in [5, 5.41) is 5.81. The fourth-order valence-electron chi connectivity index (χ4n) is 3.49. The summed E-state index contributed by atoms with van der Waals surface area (Å²) in [5.41, 5.74) is 1.28. The molecule has 6 heteroatoms. The van der Waals surface area contributed by atoms with Crippen LogP contribution in [0.2, 0.25) is 0 Å². The Morgan fingerprint density at radius 3 is 2.28 bits per heavy atom. The fraction of sp³-hybridized carbons (Fsp3) is 0.391. The molecule has 0 saturated heterocycles. The molecule has 1 aliphatic rings. The van der Waals surface area contributed by atoms with Gasteiger partial charge in [-0.2, -0.15) is 0 Å². The third-order valence-electron chi connectivity index (χ3n) is 5.12. The van der Waals surface area contributed by atoms with E-state index < -0.39 is 6.10 Å². The predicted octanol–water partition coefficient (Wildman–Crippen LogP) is 4.62. The number of ether oxygens (including phenoxy) is 2. The van der Waals surface area contributed by atoms with E-state index in [2.05, 4.69) is 10.6 Å². The quantitative estimate of drug-likeness (QED) is 0.716. The van der Waals surface area contributed by atoms with Crippen LogP contribution < -0.4 is 20.1 Å². The Balaban J connectivity index is 1.58. The van der Waals surface area contributed by atoms with Crippen LogP contribution in [0.4, 0.5) is 11.4 Å². The van der Waals surface area contributed by atoms with E-state index in [4.69, 9.17) is 9.47 Å². The van der Waals surface area contributed by atoms with Gasteiger partial charge in [-0.05, 0) is 50.1 Å². The van der Waals surface area contributed by atoms with Crippen LogP contribution in [0, 0.1) is 5.92 Å². The molecule has 0 bridgehead atoms. The lowest BCUT2D eigenvalue weighted by molar-refractivity contribution is -0.122. The van der Waals surface area contributed by atoms with E-state index in [1.165, 1.54) is 6.42 Å². The molecule has 0 aliphatic heterocycles. The summed E-state index contributed by atoms with van der Waals surface area (Å²) in [4.78, 5) is 25.0. The van der Waals surface area contributed by atoms with Crippen LogP contribution in [-0.4, -0.2) is 25.0 Å². The minimum atomic E-state index is -0.716. The van der Waals surface area contributed by atoms with Gasteiger partial charge in [-0.15, -0.1) is 0 Å². The Morgan fingerprint density at radius 1 is 0.931 bits per heavy atom. The van der Waals surface area contributed by atoms with Crippen molar-refractivity contribution in [3.63, 3.8) is 0 Å². The van der Waals surface area contributed by atoms with Crippen molar-refractivity contribution in [3.8, 4) is 11.5 Å². The SMILES string of the molecule is COc1ccccc1OC(C)C(=O)Nc1cccc(NC(=O)C2CCCCC2)c1. The Bertz CT molecular complexity index is 846. The average Bonchev–Trinajstić information content (AvgIpc) is 2.75. The van der Waals surface area contributed by atoms with Crippen molar-refractivity contribution in [1.82, 2.24) is 0 Å². The first kappa shape index (κ1) is 20.7. The second-order valence-corrected chi connectivity index (χ2v) is 7.31. The third kappa shape index (κ3) is 5.73. The van der Waals surface area contributed by atoms with Gasteiger partial charge in [-0.1, -0.05) is 37.5 Å². The lowest BCUT2D eigenvalue weighted by Crippen LogP contribution is -2.30. The Hall–Kier alpha value is -3.02. The highest BCUT2D eigenvalue weighted by Gasteiger charge is 2.21. The summed E-state index contributed by atoms with van der Waals surface area (Å²) < 4.78 is 11.0. The number of carbonyl (C=O) groups excluding carboxylic acids is 2. The van der Waals surface area contributed by atoms with Gasteiger partial charge in [-0.25, -0.2) is 0 Å². The van der Waals surface area contributed by atoms with Gasteiger partial charge in [0.1, 0.15) is 0 Å². The van der Waals surface area contributed by atoms with E-state index in [0.717, 1.165) is 25.7 Å². The van der Waals surface area contributed by atoms with Gasteiger partial charge in [0.05, 0.1) is 7.11 Å². The largest absolute Gasteiger partial charge is 0.493 e. The lowest BCUT2D eigenvalue weighted by atomic mass is 9.88. The average molecular weight is 396 g/mol. The van der Waals surface area contributed by atoms with Gasteiger partial charge in [0, 0.05) is 17.3 Å². The van der Waals surface area contributed by atoms with Crippen LogP contribution in [-0.2, 0) is 9.59 Å². The summed E-state index contributed by atoms with van der Waals surface area (Å²) in [7, 11) is 1.56. The number of anilines is 2. The highest BCUT2D eigenvalue weighted by atomic mass is 16.5. The van der Waals surface area contributed by atoms with E-state index >= 15 is 0 Å². The molecule has 2 aromatic carbocycles. The Morgan fingerprint density at radius 2 is 1.59 bits per heavy atom. The topological polar surface area (TPSA) is 76.7 Å². The number of carbonyl (C=O) groups is 2. The second-order valence-electron chi connectivity index (χ2n) is 7.31. The first-order chi connectivity index (χ1) is 14.1. The number of rotatable bonds is 7. The Kier molecular flexibility index (Phi) is 7.11. The lowest BCUT2D eigenvalue weighted by Gasteiger charge is -2.21. The molecule has 1 unspecified atom stereocenters. The fourth-order valence-corrected chi connectivity index (χ4v) is 3.49. The zero-order chi connectivity index (χ0) is 20.6. The smallest absolute Gasteiger partial charge is 0.265 e. The summed E-state index contributed by atoms with van der Waals surface area (Å²) in [6, 6.07) is 14.4. The van der Waals surface area contributed by atoms with Gasteiger partial charge >= 0.3 is 0 Å². The van der Waals surface area contributed by atoms with E-state index in [1.807, 2.05) is 18.2 Å². The van der Waals surface area contributed by atoms with Gasteiger partial charge < -0.3 is 20.1 Å². The zero-order valence-electron chi connectivity index (χ0n) is 16.9. The maximum atomic E-state index is 12.5. The van der Waals surface area contributed by atoms with E-state index in [9.17, 15) is 9.59 Å². The molecular weight excluding hydrogens is 368 g/mol. The van der Waals surface area contributed by atoms with E-state index in [1.54, 1.807) is 44.4 Å². The van der Waals surface area contributed by atoms with Crippen LogP contribution in [0.1, 0.15) is 39.0 Å². The molecule has 6 nitrogen and oxygen atoms in total. The first-order valence-corrected chi connectivity index (χ1v) is 10.1. The van der Waals surface area contributed by atoms with Crippen molar-refractivity contribution in [1.29, 1.82) is 0 Å². The number of methoxy groups -OCH3 is 1. The molecule has 0 spiro atoms. The standard InChI is InChI=1S/C23H28N2O4/c1-16(29-21-14-7-6-13-20(21)28-2)22(26)24-18-11-8-12-19(15-18)25-23(27)17-9-4-3-5-10-17/h6-8,11-17H,3-5,9-10H2,1-2H3,(H,24,26)(H,25,27). The molecular formula is C23H28N2O4. The molecule has 0 heterocycles. The number of amides is 2. The molecule has 2 aromatic rings. The Labute approximate surface area is 171 Å². The highest BCUT2D eigenvalue weighted by Crippen LogP contribution is 2.27. The highest BCUT2D eigenvalue weighted by molar-refractivity contribution is 5.96. The van der Waals surface area contributed by atoms with Crippen LogP contribution in [0.5, 0.6) is 11.5 Å². The summed E-state index contributed by atoms with van der Waals surface area (Å²) in [5.74, 6) is 0.926. The molecule has 0 aromatic heterocycles. The maximum Gasteiger partial charge on any atom is 0.265 e. The molecule has 1 fully saturated rings. The van der Waals surface area contributed by atoms with Crippen LogP contribution in [0.25, 0.3) is 0 Å². The normalized spacial score (nSPS) is 15.2. The number of benzene rings is 2. The molecule has 3 rings (SSSR count). The summed E-state index contributed by atoms with van der Waals surface area (Å²) in [6.45, 7) is 1.68. The van der Waals surface area contributed by atoms with Crippen LogP contribution in [0.15, 0.2) is 48.5 Å². The zero-order valence-corrected chi connectivity index (χ0v) is 16.9. The number of para-hydroxylation sites is 2. The number of hydrogen-bond donors (Lipinski definition) is 2. The first-order valence-electron chi connectivity index (χ1n) is 10.1. The van der Waals surface area contributed by atoms with Gasteiger partial charge in [-0.3, -0.25) is 9.59 Å². The minimum Gasteiger partial charge on any atom is -0.493 e. The molecule has 0 radical (unpaired) electrons. The molecule has 154 valence electrons. The van der Waals surface area contributed by atoms with Gasteiger partial charge in [0.2, 0.25) is 5.91 Å². The molecule has 2 N–H and O–H groups in total. The monoisotopic (exact) mass is 396 g/mol. The number of hydrogen-bond acceptors (Lipinski definition) is 4. The van der Waals surface area contributed by atoms with Crippen LogP contribution >= 0.6 is 0 Å². The van der Waals surface area contributed by atoms with Crippen molar-refractivity contribution in [2.24, 2.45) is 5.92 Å². The molecule has 29 heavy (non-hydrogen) atoms. The minimum absolute atomic E-state index is 0.0565. The summed E-state index contributed by atoms with van der Waals surface area (Å²) >= 11 is 0. The number of nitrogens with one attached hydrogen (secondary N) is 2. The second kappa shape index (κ2) is 9.96. The van der Waals surface area contributed by atoms with Gasteiger partial charge in [0.25, 0.3) is 5.91 Å². The van der Waals surface area contributed by atoms with Crippen molar-refractivity contribution in [2.75, 3.05) is 17.7 Å².